The SMILES string of the molecule is Cc1nn(C)c(C)c1CC(=O)N1C[C@H]2CNC[C@H]2C1. The van der Waals surface area contributed by atoms with Crippen molar-refractivity contribution in [3.63, 3.8) is 0 Å². The van der Waals surface area contributed by atoms with Gasteiger partial charge in [-0.3, -0.25) is 9.48 Å². The molecule has 2 fully saturated rings. The zero-order valence-corrected chi connectivity index (χ0v) is 11.9. The van der Waals surface area contributed by atoms with Gasteiger partial charge in [-0.2, -0.15) is 5.10 Å². The van der Waals surface area contributed by atoms with Crippen molar-refractivity contribution in [2.24, 2.45) is 18.9 Å². The van der Waals surface area contributed by atoms with Crippen molar-refractivity contribution in [3.8, 4) is 0 Å². The van der Waals surface area contributed by atoms with Crippen molar-refractivity contribution in [1.82, 2.24) is 20.0 Å². The highest BCUT2D eigenvalue weighted by atomic mass is 16.2. The summed E-state index contributed by atoms with van der Waals surface area (Å²) in [5.74, 6) is 1.59. The van der Waals surface area contributed by atoms with Gasteiger partial charge in [0, 0.05) is 44.5 Å². The fourth-order valence-electron chi connectivity index (χ4n) is 3.40. The van der Waals surface area contributed by atoms with Crippen LogP contribution in [0.4, 0.5) is 0 Å². The van der Waals surface area contributed by atoms with Gasteiger partial charge in [0.25, 0.3) is 0 Å². The van der Waals surface area contributed by atoms with Gasteiger partial charge in [0.2, 0.25) is 5.91 Å². The van der Waals surface area contributed by atoms with Crippen molar-refractivity contribution in [2.45, 2.75) is 20.3 Å². The van der Waals surface area contributed by atoms with Gasteiger partial charge in [-0.15, -0.1) is 0 Å². The van der Waals surface area contributed by atoms with E-state index in [0.717, 1.165) is 43.1 Å². The van der Waals surface area contributed by atoms with Crippen LogP contribution in [0.5, 0.6) is 0 Å². The number of hydrogen-bond donors (Lipinski definition) is 1. The molecule has 2 atom stereocenters. The Morgan fingerprint density at radius 2 is 1.95 bits per heavy atom. The highest BCUT2D eigenvalue weighted by Gasteiger charge is 2.38. The molecule has 1 aromatic rings. The number of amides is 1. The average Bonchev–Trinajstić information content (AvgIpc) is 2.99. The molecular formula is C14H22N4O. The Bertz CT molecular complexity index is 496. The number of aryl methyl sites for hydroxylation is 2. The fourth-order valence-corrected chi connectivity index (χ4v) is 3.40. The third-order valence-electron chi connectivity index (χ3n) is 4.73. The second-order valence-electron chi connectivity index (χ2n) is 5.93. The van der Waals surface area contributed by atoms with Crippen molar-refractivity contribution in [3.05, 3.63) is 17.0 Å². The van der Waals surface area contributed by atoms with E-state index in [4.69, 9.17) is 0 Å². The molecule has 2 saturated heterocycles. The van der Waals surface area contributed by atoms with Crippen molar-refractivity contribution >= 4 is 5.91 Å². The summed E-state index contributed by atoms with van der Waals surface area (Å²) in [4.78, 5) is 14.5. The minimum Gasteiger partial charge on any atom is -0.342 e. The molecule has 3 heterocycles. The topological polar surface area (TPSA) is 50.2 Å². The Labute approximate surface area is 114 Å². The van der Waals surface area contributed by atoms with E-state index in [2.05, 4.69) is 10.4 Å². The molecule has 0 radical (unpaired) electrons. The minimum absolute atomic E-state index is 0.258. The maximum atomic E-state index is 12.4. The van der Waals surface area contributed by atoms with E-state index in [-0.39, 0.29) is 5.91 Å². The lowest BCUT2D eigenvalue weighted by molar-refractivity contribution is -0.129. The van der Waals surface area contributed by atoms with Crippen LogP contribution in [0.1, 0.15) is 17.0 Å². The van der Waals surface area contributed by atoms with Gasteiger partial charge >= 0.3 is 0 Å². The van der Waals surface area contributed by atoms with Gasteiger partial charge in [-0.1, -0.05) is 0 Å². The lowest BCUT2D eigenvalue weighted by Gasteiger charge is -2.17. The summed E-state index contributed by atoms with van der Waals surface area (Å²) in [5, 5.41) is 7.79. The van der Waals surface area contributed by atoms with Crippen LogP contribution in [-0.2, 0) is 18.3 Å². The van der Waals surface area contributed by atoms with Crippen LogP contribution < -0.4 is 5.32 Å². The largest absolute Gasteiger partial charge is 0.342 e. The van der Waals surface area contributed by atoms with Crippen LogP contribution in [0, 0.1) is 25.7 Å². The van der Waals surface area contributed by atoms with E-state index in [9.17, 15) is 4.79 Å². The first-order chi connectivity index (χ1) is 9.06. The first kappa shape index (κ1) is 12.7. The van der Waals surface area contributed by atoms with Crippen LogP contribution in [0.2, 0.25) is 0 Å². The third-order valence-corrected chi connectivity index (χ3v) is 4.73. The molecule has 1 N–H and O–H groups in total. The molecule has 2 aliphatic heterocycles. The number of fused-ring (bicyclic) bond motifs is 1. The van der Waals surface area contributed by atoms with Crippen LogP contribution in [0.15, 0.2) is 0 Å². The van der Waals surface area contributed by atoms with Gasteiger partial charge in [0.1, 0.15) is 0 Å². The van der Waals surface area contributed by atoms with E-state index >= 15 is 0 Å². The molecular weight excluding hydrogens is 240 g/mol. The number of hydrogen-bond acceptors (Lipinski definition) is 3. The molecule has 2 aliphatic rings. The number of likely N-dealkylation sites (tertiary alicyclic amines) is 1. The quantitative estimate of drug-likeness (QED) is 0.831. The predicted octanol–water partition coefficient (Wildman–Crippen LogP) is 0.257. The number of nitrogens with one attached hydrogen (secondary N) is 1. The average molecular weight is 262 g/mol. The Kier molecular flexibility index (Phi) is 3.09. The highest BCUT2D eigenvalue weighted by molar-refractivity contribution is 5.79. The van der Waals surface area contributed by atoms with Gasteiger partial charge in [0.05, 0.1) is 12.1 Å². The Morgan fingerprint density at radius 3 is 2.47 bits per heavy atom. The van der Waals surface area contributed by atoms with Crippen molar-refractivity contribution < 1.29 is 4.79 Å². The maximum Gasteiger partial charge on any atom is 0.227 e. The second kappa shape index (κ2) is 4.63. The van der Waals surface area contributed by atoms with Crippen LogP contribution in [0.25, 0.3) is 0 Å². The zero-order chi connectivity index (χ0) is 13.6. The van der Waals surface area contributed by atoms with Crippen molar-refractivity contribution in [1.29, 1.82) is 0 Å². The number of rotatable bonds is 2. The van der Waals surface area contributed by atoms with Gasteiger partial charge in [-0.05, 0) is 25.7 Å². The zero-order valence-electron chi connectivity index (χ0n) is 11.9. The normalized spacial score (nSPS) is 25.9. The highest BCUT2D eigenvalue weighted by Crippen LogP contribution is 2.27. The van der Waals surface area contributed by atoms with Crippen LogP contribution in [0.3, 0.4) is 0 Å². The molecule has 0 unspecified atom stereocenters. The summed E-state index contributed by atoms with van der Waals surface area (Å²) in [7, 11) is 1.93. The first-order valence-electron chi connectivity index (χ1n) is 7.04. The number of carbonyl (C=O) groups is 1. The maximum absolute atomic E-state index is 12.4. The lowest BCUT2D eigenvalue weighted by atomic mass is 10.0. The number of aromatic nitrogens is 2. The Balaban J connectivity index is 1.69. The molecule has 0 saturated carbocycles. The van der Waals surface area contributed by atoms with Crippen LogP contribution >= 0.6 is 0 Å². The lowest BCUT2D eigenvalue weighted by Crippen LogP contribution is -2.33. The third kappa shape index (κ3) is 2.16. The molecule has 5 heteroatoms. The number of carbonyl (C=O) groups excluding carboxylic acids is 1. The molecule has 0 aromatic carbocycles. The van der Waals surface area contributed by atoms with Crippen LogP contribution in [-0.4, -0.2) is 46.8 Å². The fraction of sp³-hybridized carbons (Fsp3) is 0.714. The van der Waals surface area contributed by atoms with E-state index in [1.54, 1.807) is 0 Å². The molecule has 104 valence electrons. The first-order valence-corrected chi connectivity index (χ1v) is 7.04. The summed E-state index contributed by atoms with van der Waals surface area (Å²) < 4.78 is 1.86. The van der Waals surface area contributed by atoms with Crippen molar-refractivity contribution in [2.75, 3.05) is 26.2 Å². The van der Waals surface area contributed by atoms with Gasteiger partial charge in [-0.25, -0.2) is 0 Å². The minimum atomic E-state index is 0.258. The molecule has 0 bridgehead atoms. The molecule has 19 heavy (non-hydrogen) atoms. The second-order valence-corrected chi connectivity index (χ2v) is 5.93. The molecule has 0 spiro atoms. The predicted molar refractivity (Wildman–Crippen MR) is 72.8 cm³/mol. The summed E-state index contributed by atoms with van der Waals surface area (Å²) in [6.07, 6.45) is 0.498. The molecule has 5 nitrogen and oxygen atoms in total. The van der Waals surface area contributed by atoms with E-state index in [1.807, 2.05) is 30.5 Å². The standard InChI is InChI=1S/C14H22N4O/c1-9-13(10(2)17(3)16-9)4-14(19)18-7-11-5-15-6-12(11)8-18/h11-12,15H,4-8H2,1-3H3/t11-,12+. The molecule has 3 rings (SSSR count). The molecule has 0 aliphatic carbocycles. The summed E-state index contributed by atoms with van der Waals surface area (Å²) in [6.45, 7) is 8.01. The summed E-state index contributed by atoms with van der Waals surface area (Å²) >= 11 is 0. The summed E-state index contributed by atoms with van der Waals surface area (Å²) in [5.41, 5.74) is 3.18. The Morgan fingerprint density at radius 1 is 1.32 bits per heavy atom. The van der Waals surface area contributed by atoms with E-state index in [0.29, 0.717) is 18.3 Å². The Hall–Kier alpha value is -1.36. The monoisotopic (exact) mass is 262 g/mol. The molecule has 1 amide bonds. The molecule has 1 aromatic heterocycles. The smallest absolute Gasteiger partial charge is 0.227 e. The van der Waals surface area contributed by atoms with Gasteiger partial charge in [0.15, 0.2) is 0 Å². The van der Waals surface area contributed by atoms with Gasteiger partial charge < -0.3 is 10.2 Å². The van der Waals surface area contributed by atoms with E-state index in [1.165, 1.54) is 0 Å². The number of nitrogens with zero attached hydrogens (tertiary/aromatic N) is 3. The summed E-state index contributed by atoms with van der Waals surface area (Å²) in [6, 6.07) is 0. The van der Waals surface area contributed by atoms with E-state index < -0.39 is 0 Å².